The Morgan fingerprint density at radius 1 is 1.12 bits per heavy atom. The van der Waals surface area contributed by atoms with Gasteiger partial charge < -0.3 is 5.11 Å². The van der Waals surface area contributed by atoms with Gasteiger partial charge in [0.2, 0.25) is 0 Å². The first-order valence-electron chi connectivity index (χ1n) is 6.20. The van der Waals surface area contributed by atoms with Crippen molar-refractivity contribution in [1.29, 1.82) is 0 Å². The number of aliphatic hydroxyl groups is 1. The predicted molar refractivity (Wildman–Crippen MR) is 67.7 cm³/mol. The maximum absolute atomic E-state index is 10.1. The van der Waals surface area contributed by atoms with Crippen LogP contribution in [0.1, 0.15) is 42.5 Å². The molecule has 0 bridgehead atoms. The molecule has 1 aromatic carbocycles. The largest absolute Gasteiger partial charge is 0.390 e. The van der Waals surface area contributed by atoms with E-state index in [0.29, 0.717) is 5.92 Å². The summed E-state index contributed by atoms with van der Waals surface area (Å²) in [5.74, 6) is 0.403. The van der Waals surface area contributed by atoms with Gasteiger partial charge in [0.1, 0.15) is 0 Å². The molecule has 1 aliphatic carbocycles. The normalized spacial score (nSPS) is 20.7. The second-order valence-electron chi connectivity index (χ2n) is 5.75. The lowest BCUT2D eigenvalue weighted by Gasteiger charge is -2.35. The fraction of sp³-hybridized carbons (Fsp3) is 0.600. The standard InChI is InChI=1S/C15H22O/c1-10-5-6-11(2)14-9-12(15(3,4)16)7-8-13(10)14/h5-6,12,16H,7-9H2,1-4H3/t12-/m1/s1. The average Bonchev–Trinajstić information content (AvgIpc) is 2.22. The molecule has 16 heavy (non-hydrogen) atoms. The molecule has 1 aliphatic rings. The van der Waals surface area contributed by atoms with Crippen LogP contribution in [0.4, 0.5) is 0 Å². The van der Waals surface area contributed by atoms with Gasteiger partial charge in [-0.3, -0.25) is 0 Å². The van der Waals surface area contributed by atoms with Crippen LogP contribution >= 0.6 is 0 Å². The van der Waals surface area contributed by atoms with E-state index in [0.717, 1.165) is 19.3 Å². The highest BCUT2D eigenvalue weighted by atomic mass is 16.3. The Kier molecular flexibility index (Phi) is 2.83. The molecule has 0 unspecified atom stereocenters. The van der Waals surface area contributed by atoms with Crippen molar-refractivity contribution in [1.82, 2.24) is 0 Å². The van der Waals surface area contributed by atoms with Gasteiger partial charge in [-0.05, 0) is 75.1 Å². The third-order valence-corrected chi connectivity index (χ3v) is 4.09. The van der Waals surface area contributed by atoms with Crippen molar-refractivity contribution in [3.8, 4) is 0 Å². The van der Waals surface area contributed by atoms with Crippen LogP contribution in [-0.4, -0.2) is 10.7 Å². The Labute approximate surface area is 98.5 Å². The molecule has 0 fully saturated rings. The highest BCUT2D eigenvalue weighted by molar-refractivity contribution is 5.42. The van der Waals surface area contributed by atoms with Gasteiger partial charge in [0.15, 0.2) is 0 Å². The average molecular weight is 218 g/mol. The molecule has 1 heteroatoms. The van der Waals surface area contributed by atoms with Crippen molar-refractivity contribution in [3.63, 3.8) is 0 Å². The Hall–Kier alpha value is -0.820. The summed E-state index contributed by atoms with van der Waals surface area (Å²) in [6.45, 7) is 8.26. The molecular weight excluding hydrogens is 196 g/mol. The van der Waals surface area contributed by atoms with Crippen LogP contribution in [0, 0.1) is 19.8 Å². The second kappa shape index (κ2) is 3.89. The summed E-state index contributed by atoms with van der Waals surface area (Å²) in [5, 5.41) is 10.1. The van der Waals surface area contributed by atoms with Crippen LogP contribution in [0.2, 0.25) is 0 Å². The Balaban J connectivity index is 2.37. The summed E-state index contributed by atoms with van der Waals surface area (Å²) in [7, 11) is 0. The third kappa shape index (κ3) is 2.01. The molecule has 1 aromatic rings. The van der Waals surface area contributed by atoms with Crippen LogP contribution in [-0.2, 0) is 12.8 Å². The maximum atomic E-state index is 10.1. The lowest BCUT2D eigenvalue weighted by molar-refractivity contribution is 0.0109. The molecule has 0 spiro atoms. The van der Waals surface area contributed by atoms with Gasteiger partial charge in [-0.2, -0.15) is 0 Å². The van der Waals surface area contributed by atoms with Crippen LogP contribution in [0.3, 0.4) is 0 Å². The molecule has 1 N–H and O–H groups in total. The van der Waals surface area contributed by atoms with Gasteiger partial charge in [0.25, 0.3) is 0 Å². The van der Waals surface area contributed by atoms with Crippen molar-refractivity contribution in [2.24, 2.45) is 5.92 Å². The highest BCUT2D eigenvalue weighted by Crippen LogP contribution is 2.35. The quantitative estimate of drug-likeness (QED) is 0.767. The lowest BCUT2D eigenvalue weighted by Crippen LogP contribution is -2.35. The zero-order valence-electron chi connectivity index (χ0n) is 10.8. The number of benzene rings is 1. The van der Waals surface area contributed by atoms with Gasteiger partial charge in [0, 0.05) is 0 Å². The van der Waals surface area contributed by atoms with E-state index < -0.39 is 5.60 Å². The van der Waals surface area contributed by atoms with E-state index in [2.05, 4.69) is 26.0 Å². The molecule has 0 heterocycles. The van der Waals surface area contributed by atoms with Crippen molar-refractivity contribution in [2.45, 2.75) is 52.6 Å². The van der Waals surface area contributed by atoms with Gasteiger partial charge in [-0.25, -0.2) is 0 Å². The minimum absolute atomic E-state index is 0.403. The summed E-state index contributed by atoms with van der Waals surface area (Å²) in [4.78, 5) is 0. The fourth-order valence-corrected chi connectivity index (χ4v) is 2.83. The monoisotopic (exact) mass is 218 g/mol. The minimum Gasteiger partial charge on any atom is -0.390 e. The van der Waals surface area contributed by atoms with E-state index in [9.17, 15) is 5.11 Å². The molecule has 0 saturated carbocycles. The topological polar surface area (TPSA) is 20.2 Å². The zero-order chi connectivity index (χ0) is 11.9. The molecule has 88 valence electrons. The highest BCUT2D eigenvalue weighted by Gasteiger charge is 2.31. The van der Waals surface area contributed by atoms with Crippen molar-refractivity contribution >= 4 is 0 Å². The van der Waals surface area contributed by atoms with E-state index in [1.54, 1.807) is 0 Å². The molecule has 0 saturated heterocycles. The first-order chi connectivity index (χ1) is 7.39. The second-order valence-corrected chi connectivity index (χ2v) is 5.75. The molecular formula is C15H22O. The smallest absolute Gasteiger partial charge is 0.0623 e. The minimum atomic E-state index is -0.548. The first kappa shape index (κ1) is 11.7. The predicted octanol–water partition coefficient (Wildman–Crippen LogP) is 3.18. The SMILES string of the molecule is Cc1ccc(C)c2c1CC[C@@H](C(C)(C)O)C2. The number of hydrogen-bond donors (Lipinski definition) is 1. The number of hydrogen-bond acceptors (Lipinski definition) is 1. The molecule has 0 aliphatic heterocycles. The molecule has 1 nitrogen and oxygen atoms in total. The summed E-state index contributed by atoms with van der Waals surface area (Å²) in [6, 6.07) is 4.43. The van der Waals surface area contributed by atoms with Crippen LogP contribution < -0.4 is 0 Å². The summed E-state index contributed by atoms with van der Waals surface area (Å²) >= 11 is 0. The van der Waals surface area contributed by atoms with E-state index in [4.69, 9.17) is 0 Å². The molecule has 1 atom stereocenters. The summed E-state index contributed by atoms with van der Waals surface area (Å²) in [5.41, 5.74) is 5.26. The Bertz CT molecular complexity index is 399. The third-order valence-electron chi connectivity index (χ3n) is 4.09. The zero-order valence-corrected chi connectivity index (χ0v) is 10.8. The van der Waals surface area contributed by atoms with E-state index in [1.165, 1.54) is 22.3 Å². The number of rotatable bonds is 1. The Morgan fingerprint density at radius 3 is 2.25 bits per heavy atom. The van der Waals surface area contributed by atoms with E-state index in [-0.39, 0.29) is 0 Å². The molecule has 0 amide bonds. The van der Waals surface area contributed by atoms with Gasteiger partial charge in [-0.15, -0.1) is 0 Å². The van der Waals surface area contributed by atoms with Gasteiger partial charge in [-0.1, -0.05) is 12.1 Å². The van der Waals surface area contributed by atoms with Gasteiger partial charge >= 0.3 is 0 Å². The fourth-order valence-electron chi connectivity index (χ4n) is 2.83. The van der Waals surface area contributed by atoms with E-state index in [1.807, 2.05) is 13.8 Å². The Morgan fingerprint density at radius 2 is 1.69 bits per heavy atom. The van der Waals surface area contributed by atoms with Crippen LogP contribution in [0.5, 0.6) is 0 Å². The van der Waals surface area contributed by atoms with Crippen molar-refractivity contribution in [3.05, 3.63) is 34.4 Å². The van der Waals surface area contributed by atoms with Crippen LogP contribution in [0.15, 0.2) is 12.1 Å². The maximum Gasteiger partial charge on any atom is 0.0623 e. The summed E-state index contributed by atoms with van der Waals surface area (Å²) in [6.07, 6.45) is 3.27. The first-order valence-corrected chi connectivity index (χ1v) is 6.20. The molecule has 0 aromatic heterocycles. The van der Waals surface area contributed by atoms with Crippen molar-refractivity contribution < 1.29 is 5.11 Å². The summed E-state index contributed by atoms with van der Waals surface area (Å²) < 4.78 is 0. The molecule has 0 radical (unpaired) electrons. The van der Waals surface area contributed by atoms with E-state index >= 15 is 0 Å². The van der Waals surface area contributed by atoms with Gasteiger partial charge in [0.05, 0.1) is 5.60 Å². The van der Waals surface area contributed by atoms with Crippen LogP contribution in [0.25, 0.3) is 0 Å². The number of fused-ring (bicyclic) bond motifs is 1. The molecule has 2 rings (SSSR count). The lowest BCUT2D eigenvalue weighted by atomic mass is 9.74. The van der Waals surface area contributed by atoms with Crippen molar-refractivity contribution in [2.75, 3.05) is 0 Å². The number of aryl methyl sites for hydroxylation is 2.